The average molecular weight is 463 g/mol. The Morgan fingerprint density at radius 3 is 2.57 bits per heavy atom. The highest BCUT2D eigenvalue weighted by Crippen LogP contribution is 2.33. The first-order valence-corrected chi connectivity index (χ1v) is 8.08. The third-order valence-corrected chi connectivity index (χ3v) is 3.26. The number of rotatable bonds is 7. The summed E-state index contributed by atoms with van der Waals surface area (Å²) in [6.07, 6.45) is -1.08. The van der Waals surface area contributed by atoms with E-state index in [1.165, 1.54) is 12.3 Å². The third-order valence-electron chi connectivity index (χ3n) is 2.65. The standard InChI is InChI=1S/C13H20F3N5S.HI/c1-17-12(21-8-9-22-2)20-7-6-19-11-10(13(14,15)16)4-3-5-18-11;/h3-5H,6-9H2,1-2H3,(H,18,19)(H2,17,20,21);1H. The van der Waals surface area contributed by atoms with Gasteiger partial charge in [-0.05, 0) is 18.4 Å². The molecule has 0 atom stereocenters. The fourth-order valence-corrected chi connectivity index (χ4v) is 1.94. The van der Waals surface area contributed by atoms with Crippen LogP contribution >= 0.6 is 35.7 Å². The lowest BCUT2D eigenvalue weighted by atomic mass is 10.2. The van der Waals surface area contributed by atoms with Crippen LogP contribution < -0.4 is 16.0 Å². The molecule has 0 bridgehead atoms. The van der Waals surface area contributed by atoms with Crippen LogP contribution in [0.4, 0.5) is 19.0 Å². The van der Waals surface area contributed by atoms with Crippen LogP contribution in [0.15, 0.2) is 23.3 Å². The lowest BCUT2D eigenvalue weighted by Gasteiger charge is -2.14. The second-order valence-corrected chi connectivity index (χ2v) is 5.23. The van der Waals surface area contributed by atoms with Gasteiger partial charge in [0.2, 0.25) is 0 Å². The van der Waals surface area contributed by atoms with Crippen LogP contribution in [0.5, 0.6) is 0 Å². The summed E-state index contributed by atoms with van der Waals surface area (Å²) in [4.78, 5) is 7.76. The summed E-state index contributed by atoms with van der Waals surface area (Å²) in [7, 11) is 1.64. The van der Waals surface area contributed by atoms with Gasteiger partial charge in [0.15, 0.2) is 5.96 Å². The Labute approximate surface area is 155 Å². The van der Waals surface area contributed by atoms with Gasteiger partial charge >= 0.3 is 6.18 Å². The van der Waals surface area contributed by atoms with Gasteiger partial charge in [-0.1, -0.05) is 0 Å². The van der Waals surface area contributed by atoms with E-state index in [9.17, 15) is 13.2 Å². The molecule has 0 saturated heterocycles. The number of anilines is 1. The molecule has 23 heavy (non-hydrogen) atoms. The van der Waals surface area contributed by atoms with Gasteiger partial charge in [0.05, 0.1) is 5.56 Å². The molecule has 0 unspecified atom stereocenters. The molecule has 0 radical (unpaired) electrons. The molecule has 1 aromatic heterocycles. The van der Waals surface area contributed by atoms with Crippen LogP contribution in [-0.2, 0) is 6.18 Å². The first kappa shape index (κ1) is 22.1. The summed E-state index contributed by atoms with van der Waals surface area (Å²) < 4.78 is 38.4. The zero-order valence-electron chi connectivity index (χ0n) is 12.9. The molecule has 1 rings (SSSR count). The Bertz CT molecular complexity index is 485. The van der Waals surface area contributed by atoms with Crippen molar-refractivity contribution in [3.05, 3.63) is 23.9 Å². The fraction of sp³-hybridized carbons (Fsp3) is 0.538. The maximum Gasteiger partial charge on any atom is 0.419 e. The number of hydrogen-bond donors (Lipinski definition) is 3. The van der Waals surface area contributed by atoms with Crippen molar-refractivity contribution in [2.45, 2.75) is 6.18 Å². The lowest BCUT2D eigenvalue weighted by Crippen LogP contribution is -2.40. The maximum atomic E-state index is 12.8. The molecule has 0 fully saturated rings. The van der Waals surface area contributed by atoms with E-state index in [2.05, 4.69) is 25.9 Å². The highest BCUT2D eigenvalue weighted by Gasteiger charge is 2.33. The highest BCUT2D eigenvalue weighted by molar-refractivity contribution is 14.0. The van der Waals surface area contributed by atoms with Crippen LogP contribution in [0.2, 0.25) is 0 Å². The third kappa shape index (κ3) is 8.49. The lowest BCUT2D eigenvalue weighted by molar-refractivity contribution is -0.137. The van der Waals surface area contributed by atoms with Gasteiger partial charge in [-0.15, -0.1) is 24.0 Å². The topological polar surface area (TPSA) is 61.3 Å². The van der Waals surface area contributed by atoms with Gasteiger partial charge in [-0.25, -0.2) is 4.98 Å². The van der Waals surface area contributed by atoms with Gasteiger partial charge in [0.1, 0.15) is 5.82 Å². The smallest absolute Gasteiger partial charge is 0.368 e. The van der Waals surface area contributed by atoms with Crippen LogP contribution in [0.25, 0.3) is 0 Å². The van der Waals surface area contributed by atoms with E-state index in [0.717, 1.165) is 18.4 Å². The Morgan fingerprint density at radius 1 is 1.26 bits per heavy atom. The Kier molecular flexibility index (Phi) is 11.1. The van der Waals surface area contributed by atoms with E-state index < -0.39 is 11.7 Å². The quantitative estimate of drug-likeness (QED) is 0.251. The van der Waals surface area contributed by atoms with E-state index in [1.807, 2.05) is 6.26 Å². The van der Waals surface area contributed by atoms with Crippen molar-refractivity contribution in [1.29, 1.82) is 0 Å². The number of aliphatic imine (C=N–C) groups is 1. The van der Waals surface area contributed by atoms with E-state index in [1.54, 1.807) is 18.8 Å². The molecule has 0 aliphatic rings. The zero-order chi connectivity index (χ0) is 16.4. The minimum atomic E-state index is -4.42. The predicted octanol–water partition coefficient (Wildman–Crippen LogP) is 2.66. The summed E-state index contributed by atoms with van der Waals surface area (Å²) in [6, 6.07) is 2.27. The zero-order valence-corrected chi connectivity index (χ0v) is 16.1. The largest absolute Gasteiger partial charge is 0.419 e. The predicted molar refractivity (Wildman–Crippen MR) is 101 cm³/mol. The Morgan fingerprint density at radius 2 is 1.96 bits per heavy atom. The van der Waals surface area contributed by atoms with Crippen LogP contribution in [0.3, 0.4) is 0 Å². The van der Waals surface area contributed by atoms with Crippen LogP contribution in [-0.4, -0.2) is 49.6 Å². The first-order valence-electron chi connectivity index (χ1n) is 6.68. The molecule has 10 heteroatoms. The molecule has 0 aromatic carbocycles. The van der Waals surface area contributed by atoms with Crippen LogP contribution in [0, 0.1) is 0 Å². The molecular formula is C13H21F3IN5S. The van der Waals surface area contributed by atoms with Crippen molar-refractivity contribution in [1.82, 2.24) is 15.6 Å². The van der Waals surface area contributed by atoms with E-state index in [0.29, 0.717) is 19.0 Å². The Balaban J connectivity index is 0.00000484. The molecule has 1 aromatic rings. The first-order chi connectivity index (χ1) is 10.5. The number of guanidine groups is 1. The SMILES string of the molecule is CN=C(NCCNc1ncccc1C(F)(F)F)NCCSC.I. The van der Waals surface area contributed by atoms with Crippen molar-refractivity contribution in [3.63, 3.8) is 0 Å². The number of nitrogens with zero attached hydrogens (tertiary/aromatic N) is 2. The molecule has 0 amide bonds. The summed E-state index contributed by atoms with van der Waals surface area (Å²) in [6.45, 7) is 1.49. The Hall–Kier alpha value is -0.910. The van der Waals surface area contributed by atoms with Crippen molar-refractivity contribution >= 4 is 47.5 Å². The number of aromatic nitrogens is 1. The molecule has 5 nitrogen and oxygen atoms in total. The van der Waals surface area contributed by atoms with Crippen molar-refractivity contribution < 1.29 is 13.2 Å². The minimum Gasteiger partial charge on any atom is -0.368 e. The highest BCUT2D eigenvalue weighted by atomic mass is 127. The molecule has 0 saturated carbocycles. The van der Waals surface area contributed by atoms with E-state index >= 15 is 0 Å². The van der Waals surface area contributed by atoms with Gasteiger partial charge in [0, 0.05) is 38.6 Å². The normalized spacial score (nSPS) is 11.6. The summed E-state index contributed by atoms with van der Waals surface area (Å²) in [5, 5.41) is 8.80. The summed E-state index contributed by atoms with van der Waals surface area (Å²) >= 11 is 1.71. The number of pyridine rings is 1. The maximum absolute atomic E-state index is 12.8. The summed E-state index contributed by atoms with van der Waals surface area (Å²) in [5.41, 5.74) is -0.766. The number of thioether (sulfide) groups is 1. The molecule has 0 spiro atoms. The van der Waals surface area contributed by atoms with Crippen molar-refractivity contribution in [3.8, 4) is 0 Å². The molecule has 0 aliphatic carbocycles. The number of hydrogen-bond acceptors (Lipinski definition) is 4. The molecular weight excluding hydrogens is 442 g/mol. The van der Waals surface area contributed by atoms with Gasteiger partial charge in [-0.3, -0.25) is 4.99 Å². The number of nitrogens with one attached hydrogen (secondary N) is 3. The second kappa shape index (κ2) is 11.6. The minimum absolute atomic E-state index is 0. The number of halogens is 4. The van der Waals surface area contributed by atoms with E-state index in [-0.39, 0.29) is 29.8 Å². The molecule has 0 aliphatic heterocycles. The van der Waals surface area contributed by atoms with Gasteiger partial charge < -0.3 is 16.0 Å². The van der Waals surface area contributed by atoms with Gasteiger partial charge in [0.25, 0.3) is 0 Å². The second-order valence-electron chi connectivity index (χ2n) is 4.24. The van der Waals surface area contributed by atoms with Crippen molar-refractivity contribution in [2.24, 2.45) is 4.99 Å². The van der Waals surface area contributed by atoms with E-state index in [4.69, 9.17) is 0 Å². The van der Waals surface area contributed by atoms with Gasteiger partial charge in [-0.2, -0.15) is 24.9 Å². The fourth-order valence-electron chi connectivity index (χ4n) is 1.63. The summed E-state index contributed by atoms with van der Waals surface area (Å²) in [5.74, 6) is 1.40. The average Bonchev–Trinajstić information content (AvgIpc) is 2.49. The number of alkyl halides is 3. The van der Waals surface area contributed by atoms with Crippen molar-refractivity contribution in [2.75, 3.05) is 44.0 Å². The monoisotopic (exact) mass is 463 g/mol. The van der Waals surface area contributed by atoms with Crippen LogP contribution in [0.1, 0.15) is 5.56 Å². The molecule has 1 heterocycles. The molecule has 3 N–H and O–H groups in total. The molecule has 132 valence electrons.